The van der Waals surface area contributed by atoms with Crippen molar-refractivity contribution in [2.75, 3.05) is 20.3 Å². The lowest BCUT2D eigenvalue weighted by Gasteiger charge is -2.28. The molecule has 1 aliphatic rings. The molecule has 1 heterocycles. The van der Waals surface area contributed by atoms with Gasteiger partial charge in [-0.1, -0.05) is 41.4 Å². The molecule has 0 saturated carbocycles. The summed E-state index contributed by atoms with van der Waals surface area (Å²) in [7, 11) is 1.27. The molecule has 0 spiro atoms. The van der Waals surface area contributed by atoms with E-state index in [0.717, 1.165) is 5.56 Å². The second kappa shape index (κ2) is 15.8. The molecule has 2 atom stereocenters. The number of urea groups is 1. The Kier molecular flexibility index (Phi) is 11.9. The first-order valence-electron chi connectivity index (χ1n) is 13.7. The molecule has 2 amide bonds. The number of ether oxygens (including phenoxy) is 4. The Morgan fingerprint density at radius 1 is 1.09 bits per heavy atom. The van der Waals surface area contributed by atoms with Crippen molar-refractivity contribution < 1.29 is 33.6 Å². The van der Waals surface area contributed by atoms with Crippen LogP contribution >= 0.6 is 39.1 Å². The standard InChI is InChI=1S/C31H31BrCl2N4O7/c1-4-43-25-12-19(28-27(30(40)42-3)17(2)36-31(41)37-28)7-10-24(25)44-16-26(39)38-35-14-20-11-22(34)13-23(32)29(20)45-15-18-5-8-21(33)9-6-18/h5-14,26,28,38-39H,4,15-16H2,1-3H3,(H2,36,37,41)/b35-14+/t26-,28+/m1/s1. The van der Waals surface area contributed by atoms with Crippen LogP contribution in [0.15, 0.2) is 75.4 Å². The van der Waals surface area contributed by atoms with Crippen LogP contribution in [0.3, 0.4) is 0 Å². The molecule has 0 saturated heterocycles. The van der Waals surface area contributed by atoms with Crippen LogP contribution in [-0.2, 0) is 16.1 Å². The van der Waals surface area contributed by atoms with Crippen LogP contribution in [0.25, 0.3) is 0 Å². The first kappa shape index (κ1) is 33.9. The molecule has 0 radical (unpaired) electrons. The van der Waals surface area contributed by atoms with Gasteiger partial charge in [-0.05, 0) is 77.3 Å². The van der Waals surface area contributed by atoms with Gasteiger partial charge in [-0.25, -0.2) is 9.59 Å². The number of aliphatic hydroxyl groups excluding tert-OH is 1. The Hall–Kier alpha value is -3.97. The third kappa shape index (κ3) is 9.04. The molecular formula is C31H31BrCl2N4O7. The molecular weight excluding hydrogens is 691 g/mol. The highest BCUT2D eigenvalue weighted by Crippen LogP contribution is 2.35. The Morgan fingerprint density at radius 3 is 2.56 bits per heavy atom. The summed E-state index contributed by atoms with van der Waals surface area (Å²) < 4.78 is 23.1. The number of esters is 1. The van der Waals surface area contributed by atoms with E-state index in [9.17, 15) is 14.7 Å². The van der Waals surface area contributed by atoms with Gasteiger partial charge in [0, 0.05) is 21.3 Å². The fourth-order valence-corrected chi connectivity index (χ4v) is 5.45. The fourth-order valence-electron chi connectivity index (χ4n) is 4.38. The van der Waals surface area contributed by atoms with E-state index in [2.05, 4.69) is 37.1 Å². The lowest BCUT2D eigenvalue weighted by molar-refractivity contribution is -0.136. The van der Waals surface area contributed by atoms with Crippen molar-refractivity contribution in [1.82, 2.24) is 16.1 Å². The Balaban J connectivity index is 1.42. The maximum Gasteiger partial charge on any atom is 0.337 e. The molecule has 0 bridgehead atoms. The van der Waals surface area contributed by atoms with Gasteiger partial charge in [0.2, 0.25) is 0 Å². The normalized spacial score (nSPS) is 15.3. The summed E-state index contributed by atoms with van der Waals surface area (Å²) in [4.78, 5) is 24.6. The number of aliphatic hydroxyl groups is 1. The molecule has 4 rings (SSSR count). The van der Waals surface area contributed by atoms with Gasteiger partial charge in [0.05, 0.1) is 36.0 Å². The predicted molar refractivity (Wildman–Crippen MR) is 174 cm³/mol. The van der Waals surface area contributed by atoms with Crippen molar-refractivity contribution in [2.45, 2.75) is 32.7 Å². The number of amides is 2. The summed E-state index contributed by atoms with van der Waals surface area (Å²) in [5.74, 6) is 0.620. The minimum absolute atomic E-state index is 0.188. The number of benzene rings is 3. The van der Waals surface area contributed by atoms with Crippen LogP contribution in [-0.4, -0.2) is 49.9 Å². The number of hydrazone groups is 1. The molecule has 0 aliphatic carbocycles. The number of halogens is 3. The predicted octanol–water partition coefficient (Wildman–Crippen LogP) is 5.86. The summed E-state index contributed by atoms with van der Waals surface area (Å²) in [5.41, 5.74) is 5.32. The number of nitrogens with one attached hydrogen (secondary N) is 3. The lowest BCUT2D eigenvalue weighted by Crippen LogP contribution is -2.45. The van der Waals surface area contributed by atoms with Crippen molar-refractivity contribution in [3.8, 4) is 17.2 Å². The van der Waals surface area contributed by atoms with E-state index in [-0.39, 0.29) is 18.8 Å². The SMILES string of the molecule is CCOc1cc([C@@H]2NC(=O)NC(C)=C2C(=O)OC)ccc1OC[C@@H](O)N/N=C/c1cc(Cl)cc(Br)c1OCc1ccc(Cl)cc1. The van der Waals surface area contributed by atoms with Crippen LogP contribution < -0.4 is 30.3 Å². The van der Waals surface area contributed by atoms with Crippen LogP contribution in [0.2, 0.25) is 10.0 Å². The molecule has 0 unspecified atom stereocenters. The zero-order valence-electron chi connectivity index (χ0n) is 24.5. The Bertz CT molecular complexity index is 1600. The summed E-state index contributed by atoms with van der Waals surface area (Å²) in [5, 5.41) is 21.1. The number of carbonyl (C=O) groups is 2. The topological polar surface area (TPSA) is 140 Å². The van der Waals surface area contributed by atoms with Crippen molar-refractivity contribution in [3.63, 3.8) is 0 Å². The first-order valence-corrected chi connectivity index (χ1v) is 15.2. The molecule has 0 aromatic heterocycles. The number of nitrogens with zero attached hydrogens (tertiary/aromatic N) is 1. The average Bonchev–Trinajstić information content (AvgIpc) is 3.00. The van der Waals surface area contributed by atoms with Gasteiger partial charge < -0.3 is 34.7 Å². The molecule has 14 heteroatoms. The maximum atomic E-state index is 12.5. The van der Waals surface area contributed by atoms with Gasteiger partial charge in [0.15, 0.2) is 17.7 Å². The van der Waals surface area contributed by atoms with E-state index in [1.807, 2.05) is 12.1 Å². The van der Waals surface area contributed by atoms with E-state index in [1.54, 1.807) is 56.3 Å². The van der Waals surface area contributed by atoms with Crippen LogP contribution in [0, 0.1) is 0 Å². The summed E-state index contributed by atoms with van der Waals surface area (Å²) >= 11 is 15.7. The number of methoxy groups -OCH3 is 1. The zero-order chi connectivity index (χ0) is 32.5. The van der Waals surface area contributed by atoms with Gasteiger partial charge in [-0.15, -0.1) is 0 Å². The molecule has 0 fully saturated rings. The maximum absolute atomic E-state index is 12.5. The number of carbonyl (C=O) groups excluding carboxylic acids is 2. The zero-order valence-corrected chi connectivity index (χ0v) is 27.6. The molecule has 4 N–H and O–H groups in total. The van der Waals surface area contributed by atoms with Gasteiger partial charge in [-0.3, -0.25) is 5.43 Å². The third-order valence-corrected chi connectivity index (χ3v) is 7.49. The second-order valence-corrected chi connectivity index (χ2v) is 11.4. The van der Waals surface area contributed by atoms with Crippen molar-refractivity contribution in [1.29, 1.82) is 0 Å². The van der Waals surface area contributed by atoms with E-state index in [4.69, 9.17) is 42.1 Å². The molecule has 238 valence electrons. The van der Waals surface area contributed by atoms with Crippen LogP contribution in [0.1, 0.15) is 36.6 Å². The van der Waals surface area contributed by atoms with Gasteiger partial charge in [0.1, 0.15) is 19.0 Å². The monoisotopic (exact) mass is 720 g/mol. The molecule has 45 heavy (non-hydrogen) atoms. The molecule has 3 aromatic rings. The number of hydrogen-bond acceptors (Lipinski definition) is 9. The number of allylic oxidation sites excluding steroid dienone is 1. The third-order valence-electron chi connectivity index (χ3n) is 6.43. The van der Waals surface area contributed by atoms with Crippen molar-refractivity contribution in [3.05, 3.63) is 97.1 Å². The average molecular weight is 722 g/mol. The number of rotatable bonds is 13. The Morgan fingerprint density at radius 2 is 1.84 bits per heavy atom. The summed E-state index contributed by atoms with van der Waals surface area (Å²) in [6.07, 6.45) is 0.274. The first-order chi connectivity index (χ1) is 21.6. The molecule has 1 aliphatic heterocycles. The lowest BCUT2D eigenvalue weighted by atomic mass is 9.95. The largest absolute Gasteiger partial charge is 0.490 e. The summed E-state index contributed by atoms with van der Waals surface area (Å²) in [6.45, 7) is 3.84. The van der Waals surface area contributed by atoms with E-state index in [0.29, 0.717) is 55.2 Å². The highest BCUT2D eigenvalue weighted by molar-refractivity contribution is 9.10. The van der Waals surface area contributed by atoms with E-state index in [1.165, 1.54) is 13.3 Å². The fraction of sp³-hybridized carbons (Fsp3) is 0.258. The van der Waals surface area contributed by atoms with E-state index >= 15 is 0 Å². The van der Waals surface area contributed by atoms with E-state index < -0.39 is 24.3 Å². The minimum atomic E-state index is -1.20. The Labute approximate surface area is 278 Å². The summed E-state index contributed by atoms with van der Waals surface area (Å²) in [6, 6.07) is 14.4. The van der Waals surface area contributed by atoms with Crippen LogP contribution in [0.4, 0.5) is 4.79 Å². The van der Waals surface area contributed by atoms with Crippen molar-refractivity contribution in [2.24, 2.45) is 5.10 Å². The smallest absolute Gasteiger partial charge is 0.337 e. The number of hydrogen-bond donors (Lipinski definition) is 4. The highest BCUT2D eigenvalue weighted by Gasteiger charge is 2.32. The van der Waals surface area contributed by atoms with Crippen LogP contribution in [0.5, 0.6) is 17.2 Å². The molecule has 11 nitrogen and oxygen atoms in total. The highest BCUT2D eigenvalue weighted by atomic mass is 79.9. The molecule has 3 aromatic carbocycles. The van der Waals surface area contributed by atoms with Crippen molar-refractivity contribution >= 4 is 57.3 Å². The van der Waals surface area contributed by atoms with Gasteiger partial charge in [0.25, 0.3) is 0 Å². The second-order valence-electron chi connectivity index (χ2n) is 9.64. The quantitative estimate of drug-likeness (QED) is 0.0746. The van der Waals surface area contributed by atoms with Gasteiger partial charge in [-0.2, -0.15) is 5.10 Å². The van der Waals surface area contributed by atoms with Gasteiger partial charge >= 0.3 is 12.0 Å². The minimum Gasteiger partial charge on any atom is -0.490 e.